The highest BCUT2D eigenvalue weighted by Gasteiger charge is 2.07. The lowest BCUT2D eigenvalue weighted by molar-refractivity contribution is 0.284. The van der Waals surface area contributed by atoms with E-state index in [2.05, 4.69) is 77.7 Å². The topological polar surface area (TPSA) is 61.5 Å². The second-order valence-corrected chi connectivity index (χ2v) is 8.60. The fourth-order valence-electron chi connectivity index (χ4n) is 3.08. The number of aromatic nitrogens is 3. The highest BCUT2D eigenvalue weighted by molar-refractivity contribution is 7.98. The molecule has 0 N–H and O–H groups in total. The molecular formula is C26H26N4O2S. The second-order valence-electron chi connectivity index (χ2n) is 7.66. The molecule has 0 saturated carbocycles. The molecule has 0 fully saturated rings. The summed E-state index contributed by atoms with van der Waals surface area (Å²) in [6.07, 6.45) is 3.36. The lowest BCUT2D eigenvalue weighted by Gasteiger charge is -2.11. The largest absolute Gasteiger partial charge is 0.493 e. The van der Waals surface area contributed by atoms with E-state index in [1.807, 2.05) is 18.2 Å². The van der Waals surface area contributed by atoms with Crippen LogP contribution < -0.4 is 9.47 Å². The van der Waals surface area contributed by atoms with Crippen molar-refractivity contribution in [3.8, 4) is 11.5 Å². The Bertz CT molecular complexity index is 1220. The molecule has 0 aliphatic carbocycles. The summed E-state index contributed by atoms with van der Waals surface area (Å²) in [5, 5.41) is 13.4. The van der Waals surface area contributed by atoms with E-state index in [4.69, 9.17) is 9.47 Å². The van der Waals surface area contributed by atoms with Crippen molar-refractivity contribution in [3.63, 3.8) is 0 Å². The van der Waals surface area contributed by atoms with Crippen molar-refractivity contribution in [2.45, 2.75) is 31.4 Å². The molecule has 4 rings (SSSR count). The number of thioether (sulfide) groups is 1. The van der Waals surface area contributed by atoms with Crippen LogP contribution in [0.3, 0.4) is 0 Å². The van der Waals surface area contributed by atoms with Crippen LogP contribution in [0.4, 0.5) is 0 Å². The fraction of sp³-hybridized carbons (Fsp3) is 0.192. The summed E-state index contributed by atoms with van der Waals surface area (Å²) in [4.78, 5) is 0. The summed E-state index contributed by atoms with van der Waals surface area (Å²) in [5.41, 5.74) is 5.70. The lowest BCUT2D eigenvalue weighted by atomic mass is 10.2. The number of methoxy groups -OCH3 is 1. The monoisotopic (exact) mass is 458 g/mol. The van der Waals surface area contributed by atoms with Gasteiger partial charge in [-0.05, 0) is 48.7 Å². The van der Waals surface area contributed by atoms with Gasteiger partial charge in [-0.2, -0.15) is 9.78 Å². The third-order valence-electron chi connectivity index (χ3n) is 5.02. The van der Waals surface area contributed by atoms with Gasteiger partial charge in [0.05, 0.1) is 13.3 Å². The van der Waals surface area contributed by atoms with E-state index in [1.54, 1.807) is 36.1 Å². The Morgan fingerprint density at radius 1 is 0.909 bits per heavy atom. The highest BCUT2D eigenvalue weighted by atomic mass is 32.2. The van der Waals surface area contributed by atoms with Crippen molar-refractivity contribution < 1.29 is 9.47 Å². The van der Waals surface area contributed by atoms with E-state index >= 15 is 0 Å². The predicted octanol–water partition coefficient (Wildman–Crippen LogP) is 5.66. The lowest BCUT2D eigenvalue weighted by Crippen LogP contribution is -1.99. The summed E-state index contributed by atoms with van der Waals surface area (Å²) in [7, 11) is 1.63. The van der Waals surface area contributed by atoms with E-state index in [0.29, 0.717) is 18.1 Å². The zero-order chi connectivity index (χ0) is 23.0. The SMILES string of the molecule is COc1cc(/C=N\n2cnnc2SCc2ccc(C)cc2)ccc1OCc1ccc(C)cc1. The number of aryl methyl sites for hydroxylation is 2. The van der Waals surface area contributed by atoms with E-state index in [1.165, 1.54) is 16.7 Å². The first-order chi connectivity index (χ1) is 16.1. The minimum Gasteiger partial charge on any atom is -0.493 e. The maximum absolute atomic E-state index is 5.96. The Labute approximate surface area is 198 Å². The number of hydrogen-bond acceptors (Lipinski definition) is 6. The first-order valence-electron chi connectivity index (χ1n) is 10.6. The summed E-state index contributed by atoms with van der Waals surface area (Å²) in [6.45, 7) is 4.63. The number of hydrogen-bond donors (Lipinski definition) is 0. The smallest absolute Gasteiger partial charge is 0.212 e. The van der Waals surface area contributed by atoms with Crippen LogP contribution in [0.15, 0.2) is 83.3 Å². The van der Waals surface area contributed by atoms with Gasteiger partial charge in [0.25, 0.3) is 0 Å². The van der Waals surface area contributed by atoms with Crippen LogP contribution >= 0.6 is 11.8 Å². The van der Waals surface area contributed by atoms with E-state index in [-0.39, 0.29) is 0 Å². The molecule has 0 aliphatic heterocycles. The van der Waals surface area contributed by atoms with Gasteiger partial charge in [0.15, 0.2) is 11.5 Å². The van der Waals surface area contributed by atoms with Crippen molar-refractivity contribution in [1.82, 2.24) is 14.9 Å². The number of ether oxygens (including phenoxy) is 2. The Morgan fingerprint density at radius 3 is 2.30 bits per heavy atom. The molecular weight excluding hydrogens is 432 g/mol. The van der Waals surface area contributed by atoms with Gasteiger partial charge in [-0.3, -0.25) is 0 Å². The normalized spacial score (nSPS) is 11.1. The van der Waals surface area contributed by atoms with Gasteiger partial charge in [-0.25, -0.2) is 0 Å². The Balaban J connectivity index is 1.40. The summed E-state index contributed by atoms with van der Waals surface area (Å²) in [5.74, 6) is 2.15. The molecule has 0 spiro atoms. The van der Waals surface area contributed by atoms with Gasteiger partial charge in [0.1, 0.15) is 12.9 Å². The molecule has 0 unspecified atom stereocenters. The van der Waals surface area contributed by atoms with Crippen molar-refractivity contribution in [1.29, 1.82) is 0 Å². The minimum absolute atomic E-state index is 0.479. The highest BCUT2D eigenvalue weighted by Crippen LogP contribution is 2.28. The van der Waals surface area contributed by atoms with Crippen LogP contribution in [0.1, 0.15) is 27.8 Å². The minimum atomic E-state index is 0.479. The maximum Gasteiger partial charge on any atom is 0.212 e. The molecule has 168 valence electrons. The van der Waals surface area contributed by atoms with Gasteiger partial charge < -0.3 is 9.47 Å². The molecule has 0 aliphatic rings. The van der Waals surface area contributed by atoms with Gasteiger partial charge >= 0.3 is 0 Å². The van der Waals surface area contributed by atoms with Crippen molar-refractivity contribution in [2.75, 3.05) is 7.11 Å². The van der Waals surface area contributed by atoms with E-state index in [9.17, 15) is 0 Å². The Kier molecular flexibility index (Phi) is 7.42. The summed E-state index contributed by atoms with van der Waals surface area (Å²) in [6, 6.07) is 22.5. The second kappa shape index (κ2) is 10.8. The van der Waals surface area contributed by atoms with Crippen molar-refractivity contribution in [3.05, 3.63) is 101 Å². The summed E-state index contributed by atoms with van der Waals surface area (Å²) >= 11 is 1.59. The van der Waals surface area contributed by atoms with Crippen molar-refractivity contribution in [2.24, 2.45) is 5.10 Å². The van der Waals surface area contributed by atoms with Crippen LogP contribution in [-0.4, -0.2) is 28.2 Å². The van der Waals surface area contributed by atoms with Crippen LogP contribution in [-0.2, 0) is 12.4 Å². The molecule has 4 aromatic rings. The third-order valence-corrected chi connectivity index (χ3v) is 6.03. The predicted molar refractivity (Wildman–Crippen MR) is 132 cm³/mol. The van der Waals surface area contributed by atoms with Crippen LogP contribution in [0.25, 0.3) is 0 Å². The maximum atomic E-state index is 5.96. The molecule has 3 aromatic carbocycles. The average molecular weight is 459 g/mol. The third kappa shape index (κ3) is 6.23. The molecule has 6 nitrogen and oxygen atoms in total. The molecule has 0 saturated heterocycles. The molecule has 1 aromatic heterocycles. The number of nitrogens with zero attached hydrogens (tertiary/aromatic N) is 4. The molecule has 1 heterocycles. The number of rotatable bonds is 9. The first-order valence-corrected chi connectivity index (χ1v) is 11.6. The molecule has 7 heteroatoms. The average Bonchev–Trinajstić information content (AvgIpc) is 3.29. The molecule has 0 amide bonds. The molecule has 0 radical (unpaired) electrons. The van der Waals surface area contributed by atoms with Crippen LogP contribution in [0.2, 0.25) is 0 Å². The zero-order valence-electron chi connectivity index (χ0n) is 18.9. The van der Waals surface area contributed by atoms with E-state index < -0.39 is 0 Å². The zero-order valence-corrected chi connectivity index (χ0v) is 19.7. The fourth-order valence-corrected chi connectivity index (χ4v) is 3.90. The van der Waals surface area contributed by atoms with Crippen LogP contribution in [0.5, 0.6) is 11.5 Å². The first kappa shape index (κ1) is 22.6. The Hall–Kier alpha value is -3.58. The van der Waals surface area contributed by atoms with Gasteiger partial charge in [0, 0.05) is 5.75 Å². The quantitative estimate of drug-likeness (QED) is 0.239. The molecule has 33 heavy (non-hydrogen) atoms. The van der Waals surface area contributed by atoms with E-state index in [0.717, 1.165) is 22.0 Å². The van der Waals surface area contributed by atoms with Crippen molar-refractivity contribution >= 4 is 18.0 Å². The Morgan fingerprint density at radius 2 is 1.61 bits per heavy atom. The van der Waals surface area contributed by atoms with Gasteiger partial charge in [0.2, 0.25) is 5.16 Å². The van der Waals surface area contributed by atoms with Gasteiger partial charge in [-0.15, -0.1) is 10.2 Å². The van der Waals surface area contributed by atoms with Gasteiger partial charge in [-0.1, -0.05) is 71.4 Å². The molecule has 0 atom stereocenters. The summed E-state index contributed by atoms with van der Waals surface area (Å²) < 4.78 is 13.2. The molecule has 0 bridgehead atoms. The van der Waals surface area contributed by atoms with Crippen LogP contribution in [0, 0.1) is 13.8 Å². The number of benzene rings is 3. The standard InChI is InChI=1S/C26H26N4O2S/c1-19-4-8-21(9-5-19)16-32-24-13-12-23(14-25(24)31-3)15-28-30-18-27-29-26(30)33-17-22-10-6-20(2)7-11-22/h4-15,18H,16-17H2,1-3H3/b28-15-.